The Kier molecular flexibility index (Phi) is 5.38. The molecule has 20 heavy (non-hydrogen) atoms. The quantitative estimate of drug-likeness (QED) is 0.820. The van der Waals surface area contributed by atoms with Crippen LogP contribution in [0.3, 0.4) is 0 Å². The zero-order valence-corrected chi connectivity index (χ0v) is 12.1. The highest BCUT2D eigenvalue weighted by atomic mass is 16.5. The van der Waals surface area contributed by atoms with Gasteiger partial charge >= 0.3 is 5.97 Å². The van der Waals surface area contributed by atoms with Gasteiger partial charge < -0.3 is 19.7 Å². The molecule has 1 N–H and O–H groups in total. The number of hydrogen-bond donors (Lipinski definition) is 1. The van der Waals surface area contributed by atoms with Crippen LogP contribution >= 0.6 is 0 Å². The Morgan fingerprint density at radius 3 is 2.60 bits per heavy atom. The van der Waals surface area contributed by atoms with Gasteiger partial charge in [0, 0.05) is 25.3 Å². The van der Waals surface area contributed by atoms with Crippen LogP contribution in [0, 0.1) is 0 Å². The summed E-state index contributed by atoms with van der Waals surface area (Å²) in [5.41, 5.74) is 2.37. The fraction of sp³-hybridized carbons (Fsp3) is 0.533. The molecule has 1 aliphatic heterocycles. The summed E-state index contributed by atoms with van der Waals surface area (Å²) >= 11 is 0. The van der Waals surface area contributed by atoms with E-state index in [-0.39, 0.29) is 12.0 Å². The molecule has 2 rings (SSSR count). The third kappa shape index (κ3) is 3.95. The summed E-state index contributed by atoms with van der Waals surface area (Å²) < 4.78 is 10.0. The fourth-order valence-corrected chi connectivity index (χ4v) is 2.18. The normalized spacial score (nSPS) is 16.8. The summed E-state index contributed by atoms with van der Waals surface area (Å²) in [6, 6.07) is 8.11. The minimum absolute atomic E-state index is 0.241. The molecule has 1 aliphatic rings. The summed E-state index contributed by atoms with van der Waals surface area (Å²) in [6.07, 6.45) is 0. The molecule has 0 aromatic heterocycles. The number of nitrogens with zero attached hydrogens (tertiary/aromatic N) is 1. The molecule has 5 nitrogen and oxygen atoms in total. The molecule has 1 saturated heterocycles. The maximum Gasteiger partial charge on any atom is 0.322 e. The van der Waals surface area contributed by atoms with Crippen LogP contribution < -0.4 is 10.2 Å². The van der Waals surface area contributed by atoms with Crippen molar-refractivity contribution in [2.45, 2.75) is 19.5 Å². The van der Waals surface area contributed by atoms with Crippen LogP contribution in [0.4, 0.5) is 5.69 Å². The van der Waals surface area contributed by atoms with Crippen molar-refractivity contribution < 1.29 is 14.3 Å². The predicted octanol–water partition coefficient (Wildman–Crippen LogP) is 1.17. The summed E-state index contributed by atoms with van der Waals surface area (Å²) in [5, 5.41) is 3.14. The Labute approximate surface area is 119 Å². The van der Waals surface area contributed by atoms with Crippen molar-refractivity contribution >= 4 is 11.7 Å². The van der Waals surface area contributed by atoms with E-state index < -0.39 is 0 Å². The van der Waals surface area contributed by atoms with Crippen LogP contribution in [-0.4, -0.2) is 45.4 Å². The lowest BCUT2D eigenvalue weighted by molar-refractivity contribution is -0.142. The Balaban J connectivity index is 1.86. The standard InChI is InChI=1S/C15H22N2O3/c1-12(15(18)19-2)16-11-13-3-5-14(6-4-13)17-7-9-20-10-8-17/h3-6,12,16H,7-11H2,1-2H3/t12-/m0/s1. The number of anilines is 1. The minimum atomic E-state index is -0.293. The number of carbonyl (C=O) groups is 1. The van der Waals surface area contributed by atoms with E-state index in [9.17, 15) is 4.79 Å². The zero-order valence-electron chi connectivity index (χ0n) is 12.1. The first-order valence-corrected chi connectivity index (χ1v) is 6.93. The first-order valence-electron chi connectivity index (χ1n) is 6.93. The van der Waals surface area contributed by atoms with E-state index in [4.69, 9.17) is 4.74 Å². The minimum Gasteiger partial charge on any atom is -0.468 e. The van der Waals surface area contributed by atoms with Crippen LogP contribution in [0.5, 0.6) is 0 Å². The summed E-state index contributed by atoms with van der Waals surface area (Å²) in [5.74, 6) is -0.241. The van der Waals surface area contributed by atoms with Gasteiger partial charge in [-0.2, -0.15) is 0 Å². The topological polar surface area (TPSA) is 50.8 Å². The van der Waals surface area contributed by atoms with Gasteiger partial charge in [-0.3, -0.25) is 4.79 Å². The van der Waals surface area contributed by atoms with Crippen molar-refractivity contribution in [2.24, 2.45) is 0 Å². The summed E-state index contributed by atoms with van der Waals surface area (Å²) in [6.45, 7) is 5.92. The van der Waals surface area contributed by atoms with Gasteiger partial charge in [-0.15, -0.1) is 0 Å². The second-order valence-electron chi connectivity index (χ2n) is 4.89. The third-order valence-electron chi connectivity index (χ3n) is 3.48. The molecular weight excluding hydrogens is 256 g/mol. The number of nitrogens with one attached hydrogen (secondary N) is 1. The summed E-state index contributed by atoms with van der Waals surface area (Å²) in [4.78, 5) is 13.6. The Hall–Kier alpha value is -1.59. The molecular formula is C15H22N2O3. The lowest BCUT2D eigenvalue weighted by Crippen LogP contribution is -2.36. The monoisotopic (exact) mass is 278 g/mol. The molecule has 0 radical (unpaired) electrons. The molecule has 1 atom stereocenters. The number of benzene rings is 1. The van der Waals surface area contributed by atoms with Gasteiger partial charge in [0.2, 0.25) is 0 Å². The maximum absolute atomic E-state index is 11.3. The van der Waals surface area contributed by atoms with Crippen molar-refractivity contribution in [1.29, 1.82) is 0 Å². The first-order chi connectivity index (χ1) is 9.70. The van der Waals surface area contributed by atoms with Crippen LogP contribution in [0.25, 0.3) is 0 Å². The number of rotatable bonds is 5. The number of morpholine rings is 1. The van der Waals surface area contributed by atoms with Crippen molar-refractivity contribution in [3.05, 3.63) is 29.8 Å². The Bertz CT molecular complexity index is 427. The molecule has 1 heterocycles. The smallest absolute Gasteiger partial charge is 0.322 e. The molecule has 0 spiro atoms. The van der Waals surface area contributed by atoms with Crippen molar-refractivity contribution in [3.63, 3.8) is 0 Å². The highest BCUT2D eigenvalue weighted by molar-refractivity contribution is 5.75. The number of hydrogen-bond acceptors (Lipinski definition) is 5. The van der Waals surface area contributed by atoms with Crippen molar-refractivity contribution in [2.75, 3.05) is 38.3 Å². The van der Waals surface area contributed by atoms with E-state index in [0.717, 1.165) is 31.9 Å². The van der Waals surface area contributed by atoms with Gasteiger partial charge in [0.15, 0.2) is 0 Å². The van der Waals surface area contributed by atoms with Crippen LogP contribution in [0.2, 0.25) is 0 Å². The van der Waals surface area contributed by atoms with Gasteiger partial charge in [-0.05, 0) is 24.6 Å². The van der Waals surface area contributed by atoms with E-state index in [1.54, 1.807) is 6.92 Å². The van der Waals surface area contributed by atoms with Gasteiger partial charge in [0.05, 0.1) is 20.3 Å². The first kappa shape index (κ1) is 14.8. The second kappa shape index (κ2) is 7.26. The highest BCUT2D eigenvalue weighted by Gasteiger charge is 2.13. The molecule has 0 amide bonds. The van der Waals surface area contributed by atoms with E-state index in [1.807, 2.05) is 0 Å². The SMILES string of the molecule is COC(=O)[C@H](C)NCc1ccc(N2CCOCC2)cc1. The fourth-order valence-electron chi connectivity index (χ4n) is 2.18. The highest BCUT2D eigenvalue weighted by Crippen LogP contribution is 2.16. The molecule has 1 aromatic rings. The molecule has 1 fully saturated rings. The number of carbonyl (C=O) groups excluding carboxylic acids is 1. The van der Waals surface area contributed by atoms with E-state index in [1.165, 1.54) is 12.8 Å². The average Bonchev–Trinajstić information content (AvgIpc) is 2.53. The van der Waals surface area contributed by atoms with Crippen molar-refractivity contribution in [1.82, 2.24) is 5.32 Å². The predicted molar refractivity (Wildman–Crippen MR) is 77.8 cm³/mol. The Morgan fingerprint density at radius 1 is 1.35 bits per heavy atom. The van der Waals surface area contributed by atoms with Gasteiger partial charge in [0.25, 0.3) is 0 Å². The molecule has 110 valence electrons. The van der Waals surface area contributed by atoms with Crippen LogP contribution in [-0.2, 0) is 20.8 Å². The number of esters is 1. The molecule has 0 bridgehead atoms. The number of ether oxygens (including phenoxy) is 2. The zero-order chi connectivity index (χ0) is 14.4. The lowest BCUT2D eigenvalue weighted by Gasteiger charge is -2.29. The molecule has 0 aliphatic carbocycles. The van der Waals surface area contributed by atoms with Crippen LogP contribution in [0.1, 0.15) is 12.5 Å². The van der Waals surface area contributed by atoms with E-state index in [2.05, 4.69) is 39.2 Å². The molecule has 0 saturated carbocycles. The lowest BCUT2D eigenvalue weighted by atomic mass is 10.1. The maximum atomic E-state index is 11.3. The average molecular weight is 278 g/mol. The van der Waals surface area contributed by atoms with E-state index in [0.29, 0.717) is 6.54 Å². The molecule has 1 aromatic carbocycles. The molecule has 5 heteroatoms. The van der Waals surface area contributed by atoms with Crippen LogP contribution in [0.15, 0.2) is 24.3 Å². The largest absolute Gasteiger partial charge is 0.468 e. The van der Waals surface area contributed by atoms with Gasteiger partial charge in [-0.1, -0.05) is 12.1 Å². The van der Waals surface area contributed by atoms with Crippen molar-refractivity contribution in [3.8, 4) is 0 Å². The van der Waals surface area contributed by atoms with Gasteiger partial charge in [0.1, 0.15) is 6.04 Å². The summed E-state index contributed by atoms with van der Waals surface area (Å²) in [7, 11) is 1.40. The molecule has 0 unspecified atom stereocenters. The Morgan fingerprint density at radius 2 is 2.00 bits per heavy atom. The third-order valence-corrected chi connectivity index (χ3v) is 3.48. The number of methoxy groups -OCH3 is 1. The van der Waals surface area contributed by atoms with E-state index >= 15 is 0 Å². The second-order valence-corrected chi connectivity index (χ2v) is 4.89. The van der Waals surface area contributed by atoms with Gasteiger partial charge in [-0.25, -0.2) is 0 Å².